The van der Waals surface area contributed by atoms with Crippen molar-refractivity contribution in [1.29, 1.82) is 5.26 Å². The molecule has 1 heterocycles. The topological polar surface area (TPSA) is 120 Å². The van der Waals surface area contributed by atoms with Crippen LogP contribution in [-0.4, -0.2) is 44.9 Å². The first-order valence-corrected chi connectivity index (χ1v) is 20.2. The van der Waals surface area contributed by atoms with Crippen molar-refractivity contribution in [2.45, 2.75) is 157 Å². The van der Waals surface area contributed by atoms with E-state index in [0.717, 1.165) is 50.8 Å². The van der Waals surface area contributed by atoms with Gasteiger partial charge in [-0.25, -0.2) is 4.68 Å². The van der Waals surface area contributed by atoms with E-state index in [1.807, 2.05) is 18.5 Å². The van der Waals surface area contributed by atoms with Crippen molar-refractivity contribution < 1.29 is 19.1 Å². The molecule has 0 aromatic carbocycles. The Morgan fingerprint density at radius 1 is 0.962 bits per heavy atom. The van der Waals surface area contributed by atoms with Gasteiger partial charge >= 0.3 is 11.9 Å². The number of nitrogens with zero attached hydrogens (tertiary/aromatic N) is 5. The summed E-state index contributed by atoms with van der Waals surface area (Å²) in [6.07, 6.45) is 13.3. The molecule has 0 radical (unpaired) electrons. The average Bonchev–Trinajstić information content (AvgIpc) is 3.70. The molecule has 52 heavy (non-hydrogen) atoms. The predicted molar refractivity (Wildman–Crippen MR) is 200 cm³/mol. The van der Waals surface area contributed by atoms with Gasteiger partial charge in [-0.05, 0) is 133 Å². The summed E-state index contributed by atoms with van der Waals surface area (Å²) < 4.78 is 13.5. The first kappa shape index (κ1) is 38.7. The van der Waals surface area contributed by atoms with E-state index in [9.17, 15) is 14.9 Å². The zero-order valence-electron chi connectivity index (χ0n) is 33.4. The zero-order chi connectivity index (χ0) is 37.9. The number of esters is 2. The number of nitriles is 1. The van der Waals surface area contributed by atoms with Gasteiger partial charge in [0, 0.05) is 10.8 Å². The van der Waals surface area contributed by atoms with E-state index in [1.165, 1.54) is 24.8 Å². The van der Waals surface area contributed by atoms with Crippen LogP contribution in [0.5, 0.6) is 0 Å². The van der Waals surface area contributed by atoms with Crippen molar-refractivity contribution >= 4 is 11.9 Å². The number of ether oxygens (including phenoxy) is 2. The molecule has 0 spiro atoms. The third-order valence-electron chi connectivity index (χ3n) is 16.3. The van der Waals surface area contributed by atoms with E-state index >= 15 is 0 Å². The van der Waals surface area contributed by atoms with Crippen LogP contribution < -0.4 is 0 Å². The molecule has 0 aliphatic heterocycles. The van der Waals surface area contributed by atoms with E-state index in [1.54, 1.807) is 6.08 Å². The van der Waals surface area contributed by atoms with E-state index < -0.39 is 5.41 Å². The molecule has 286 valence electrons. The standard InChI is InChI=1S/C43H65N5O4/c1-11-25-51-34(49)26-38(4,5)27-35(50)52-33-17-18-40(8)31(39(33,6)7)16-19-42(10)32(40)14-13-30-36-29(28(2)3)15-20-43(36,22-21-41(30,42)9)37-45-46-47-48(37)24-12-23-44/h11,29-33,36H,1-2,12-22,24-27H2,3-10H3/t29?,30-,31?,32?,33+,36?,40+,41-,42-,43+/m1/s1. The first-order valence-electron chi connectivity index (χ1n) is 20.2. The van der Waals surface area contributed by atoms with E-state index in [0.29, 0.717) is 42.6 Å². The van der Waals surface area contributed by atoms with Crippen molar-refractivity contribution in [3.05, 3.63) is 30.6 Å². The normalized spacial score (nSPS) is 39.1. The zero-order valence-corrected chi connectivity index (χ0v) is 33.4. The van der Waals surface area contributed by atoms with Crippen molar-refractivity contribution in [1.82, 2.24) is 20.2 Å². The van der Waals surface area contributed by atoms with Crippen molar-refractivity contribution in [3.8, 4) is 6.07 Å². The van der Waals surface area contributed by atoms with E-state index in [-0.39, 0.29) is 64.6 Å². The molecular weight excluding hydrogens is 651 g/mol. The molecule has 1 aromatic rings. The fourth-order valence-electron chi connectivity index (χ4n) is 13.8. The average molecular weight is 716 g/mol. The molecule has 0 N–H and O–H groups in total. The van der Waals surface area contributed by atoms with Crippen molar-refractivity contribution in [2.24, 2.45) is 56.7 Å². The van der Waals surface area contributed by atoms with Gasteiger partial charge in [0.25, 0.3) is 0 Å². The Labute approximate surface area is 312 Å². The number of carbonyl (C=O) groups is 2. The number of fused-ring (bicyclic) bond motifs is 7. The first-order chi connectivity index (χ1) is 24.4. The highest BCUT2D eigenvalue weighted by molar-refractivity contribution is 5.74. The quantitative estimate of drug-likeness (QED) is 0.165. The van der Waals surface area contributed by atoms with Crippen LogP contribution in [0.2, 0.25) is 0 Å². The number of hydrogen-bond donors (Lipinski definition) is 0. The molecule has 6 rings (SSSR count). The Hall–Kier alpha value is -3.02. The van der Waals surface area contributed by atoms with Crippen LogP contribution in [-0.2, 0) is 31.0 Å². The molecular formula is C43H65N5O4. The molecule has 5 fully saturated rings. The SMILES string of the molecule is C=CCOC(=O)CC(C)(C)CC(=O)O[C@H]1CC[C@@]2(C)C(CC[C@]3(C)C2CC[C@@H]2C4C(C(=C)C)CC[C@]4(c4nnnn4CCC#N)CC[C@]23C)C1(C)C. The van der Waals surface area contributed by atoms with Crippen LogP contribution in [0.1, 0.15) is 145 Å². The van der Waals surface area contributed by atoms with E-state index in [4.69, 9.17) is 14.6 Å². The van der Waals surface area contributed by atoms with Gasteiger partial charge in [0.2, 0.25) is 0 Å². The van der Waals surface area contributed by atoms with Crippen LogP contribution in [0.4, 0.5) is 0 Å². The number of rotatable bonds is 11. The monoisotopic (exact) mass is 716 g/mol. The highest BCUT2D eigenvalue weighted by Gasteiger charge is 2.72. The lowest BCUT2D eigenvalue weighted by atomic mass is 9.32. The summed E-state index contributed by atoms with van der Waals surface area (Å²) in [6.45, 7) is 27.6. The highest BCUT2D eigenvalue weighted by atomic mass is 16.5. The molecule has 0 bridgehead atoms. The second-order valence-corrected chi connectivity index (χ2v) is 19.8. The Morgan fingerprint density at radius 2 is 1.69 bits per heavy atom. The Morgan fingerprint density at radius 3 is 2.38 bits per heavy atom. The largest absolute Gasteiger partial charge is 0.462 e. The van der Waals surface area contributed by atoms with Crippen LogP contribution in [0.15, 0.2) is 24.8 Å². The summed E-state index contributed by atoms with van der Waals surface area (Å²) in [6, 6.07) is 2.30. The molecule has 0 amide bonds. The molecule has 5 saturated carbocycles. The minimum Gasteiger partial charge on any atom is -0.462 e. The van der Waals surface area contributed by atoms with Gasteiger partial charge in [-0.3, -0.25) is 9.59 Å². The highest BCUT2D eigenvalue weighted by Crippen LogP contribution is 2.77. The lowest BCUT2D eigenvalue weighted by Crippen LogP contribution is -2.67. The molecule has 9 heteroatoms. The van der Waals surface area contributed by atoms with Gasteiger partial charge < -0.3 is 9.47 Å². The number of aryl methyl sites for hydroxylation is 1. The number of hydrogen-bond acceptors (Lipinski definition) is 8. The lowest BCUT2D eigenvalue weighted by Gasteiger charge is -2.73. The van der Waals surface area contributed by atoms with Crippen molar-refractivity contribution in [3.63, 3.8) is 0 Å². The third kappa shape index (κ3) is 6.06. The second-order valence-electron chi connectivity index (χ2n) is 19.8. The number of allylic oxidation sites excluding steroid dienone is 1. The fraction of sp³-hybridized carbons (Fsp3) is 0.814. The van der Waals surface area contributed by atoms with Crippen LogP contribution in [0, 0.1) is 68.0 Å². The van der Waals surface area contributed by atoms with Gasteiger partial charge in [-0.15, -0.1) is 5.10 Å². The summed E-state index contributed by atoms with van der Waals surface area (Å²) in [5.74, 6) is 2.96. The minimum atomic E-state index is -0.549. The molecule has 5 aliphatic carbocycles. The number of tetrazole rings is 1. The van der Waals surface area contributed by atoms with Gasteiger partial charge in [-0.2, -0.15) is 5.26 Å². The Balaban J connectivity index is 1.23. The van der Waals surface area contributed by atoms with Gasteiger partial charge in [-0.1, -0.05) is 73.3 Å². The Kier molecular flexibility index (Phi) is 10.2. The summed E-state index contributed by atoms with van der Waals surface area (Å²) in [7, 11) is 0. The van der Waals surface area contributed by atoms with Gasteiger partial charge in [0.05, 0.1) is 31.9 Å². The Bertz CT molecular complexity index is 1610. The van der Waals surface area contributed by atoms with Crippen LogP contribution in [0.3, 0.4) is 0 Å². The maximum absolute atomic E-state index is 13.5. The predicted octanol–water partition coefficient (Wildman–Crippen LogP) is 8.94. The smallest absolute Gasteiger partial charge is 0.306 e. The second kappa shape index (κ2) is 13.7. The van der Waals surface area contributed by atoms with Crippen LogP contribution in [0.25, 0.3) is 0 Å². The molecule has 5 aliphatic rings. The molecule has 9 nitrogen and oxygen atoms in total. The molecule has 10 atom stereocenters. The maximum atomic E-state index is 13.5. The summed E-state index contributed by atoms with van der Waals surface area (Å²) in [5, 5.41) is 22.7. The van der Waals surface area contributed by atoms with Crippen molar-refractivity contribution in [2.75, 3.05) is 6.61 Å². The third-order valence-corrected chi connectivity index (χ3v) is 16.3. The van der Waals surface area contributed by atoms with E-state index in [2.05, 4.69) is 71.2 Å². The number of aromatic nitrogens is 4. The molecule has 1 aromatic heterocycles. The summed E-state index contributed by atoms with van der Waals surface area (Å²) >= 11 is 0. The summed E-state index contributed by atoms with van der Waals surface area (Å²) in [5.41, 5.74) is 1.02. The lowest BCUT2D eigenvalue weighted by molar-refractivity contribution is -0.246. The van der Waals surface area contributed by atoms with Gasteiger partial charge in [0.15, 0.2) is 5.82 Å². The maximum Gasteiger partial charge on any atom is 0.306 e. The molecule has 0 saturated heterocycles. The minimum absolute atomic E-state index is 0.0819. The summed E-state index contributed by atoms with van der Waals surface area (Å²) in [4.78, 5) is 25.8. The molecule has 4 unspecified atom stereocenters. The van der Waals surface area contributed by atoms with Crippen LogP contribution >= 0.6 is 0 Å². The van der Waals surface area contributed by atoms with Gasteiger partial charge in [0.1, 0.15) is 12.7 Å². The fourth-order valence-corrected chi connectivity index (χ4v) is 13.8. The number of carbonyl (C=O) groups excluding carboxylic acids is 2.